The summed E-state index contributed by atoms with van der Waals surface area (Å²) in [5, 5.41) is 6.02. The van der Waals surface area contributed by atoms with E-state index >= 15 is 0 Å². The normalized spacial score (nSPS) is 16.0. The fraction of sp³-hybridized carbons (Fsp3) is 0.261. The molecule has 1 aromatic heterocycles. The van der Waals surface area contributed by atoms with Gasteiger partial charge in [0.15, 0.2) is 0 Å². The van der Waals surface area contributed by atoms with E-state index in [9.17, 15) is 9.59 Å². The van der Waals surface area contributed by atoms with Gasteiger partial charge in [0.2, 0.25) is 5.91 Å². The van der Waals surface area contributed by atoms with Gasteiger partial charge in [-0.1, -0.05) is 48.5 Å². The maximum Gasteiger partial charge on any atom is 0.254 e. The summed E-state index contributed by atoms with van der Waals surface area (Å²) in [4.78, 5) is 31.8. The Labute approximate surface area is 174 Å². The maximum atomic E-state index is 12.7. The van der Waals surface area contributed by atoms with Crippen LogP contribution >= 0.6 is 11.3 Å². The van der Waals surface area contributed by atoms with Crippen molar-refractivity contribution in [2.45, 2.75) is 25.3 Å². The molecular formula is C23H23N3O2S. The number of hydrogen-bond donors (Lipinski definition) is 1. The predicted octanol–water partition coefficient (Wildman–Crippen LogP) is 3.77. The molecule has 5 nitrogen and oxygen atoms in total. The largest absolute Gasteiger partial charge is 0.354 e. The zero-order valence-electron chi connectivity index (χ0n) is 16.1. The van der Waals surface area contributed by atoms with Gasteiger partial charge in [0, 0.05) is 36.0 Å². The zero-order chi connectivity index (χ0) is 20.1. The van der Waals surface area contributed by atoms with Crippen LogP contribution in [0.25, 0.3) is 10.6 Å². The topological polar surface area (TPSA) is 62.3 Å². The zero-order valence-corrected chi connectivity index (χ0v) is 16.9. The second-order valence-corrected chi connectivity index (χ2v) is 7.93. The highest BCUT2D eigenvalue weighted by Gasteiger charge is 2.34. The number of hydrogen-bond acceptors (Lipinski definition) is 4. The second-order valence-electron chi connectivity index (χ2n) is 7.07. The van der Waals surface area contributed by atoms with Crippen LogP contribution in [0.3, 0.4) is 0 Å². The van der Waals surface area contributed by atoms with Crippen molar-refractivity contribution in [1.29, 1.82) is 0 Å². The van der Waals surface area contributed by atoms with Crippen molar-refractivity contribution in [3.05, 3.63) is 77.3 Å². The number of benzene rings is 2. The molecule has 1 atom stereocenters. The number of nitrogens with one attached hydrogen (secondary N) is 1. The van der Waals surface area contributed by atoms with Gasteiger partial charge >= 0.3 is 0 Å². The van der Waals surface area contributed by atoms with Crippen molar-refractivity contribution in [1.82, 2.24) is 15.2 Å². The molecule has 1 saturated heterocycles. The highest BCUT2D eigenvalue weighted by atomic mass is 32.1. The molecule has 148 valence electrons. The molecule has 0 radical (unpaired) electrons. The van der Waals surface area contributed by atoms with Crippen LogP contribution in [0, 0.1) is 0 Å². The second kappa shape index (κ2) is 9.01. The van der Waals surface area contributed by atoms with E-state index in [1.54, 1.807) is 28.4 Å². The highest BCUT2D eigenvalue weighted by Crippen LogP contribution is 2.23. The van der Waals surface area contributed by atoms with Crippen molar-refractivity contribution < 1.29 is 9.59 Å². The Bertz CT molecular complexity index is 972. The molecule has 1 N–H and O–H groups in total. The number of carbonyl (C=O) groups excluding carboxylic acids is 2. The number of carbonyl (C=O) groups is 2. The Kier molecular flexibility index (Phi) is 6.00. The van der Waals surface area contributed by atoms with Gasteiger partial charge in [-0.15, -0.1) is 11.3 Å². The highest BCUT2D eigenvalue weighted by molar-refractivity contribution is 7.13. The Hall–Kier alpha value is -2.99. The summed E-state index contributed by atoms with van der Waals surface area (Å²) in [7, 11) is 0. The van der Waals surface area contributed by atoms with E-state index in [0.717, 1.165) is 22.7 Å². The number of aromatic nitrogens is 1. The minimum absolute atomic E-state index is 0.0738. The third-order valence-corrected chi connectivity index (χ3v) is 6.03. The lowest BCUT2D eigenvalue weighted by Gasteiger charge is -2.24. The summed E-state index contributed by atoms with van der Waals surface area (Å²) in [6, 6.07) is 18.8. The van der Waals surface area contributed by atoms with Gasteiger partial charge in [0.05, 0.1) is 5.69 Å². The van der Waals surface area contributed by atoms with Crippen LogP contribution in [-0.2, 0) is 11.2 Å². The lowest BCUT2D eigenvalue weighted by molar-refractivity contribution is -0.124. The molecule has 2 amide bonds. The average molecular weight is 406 g/mol. The third kappa shape index (κ3) is 4.54. The van der Waals surface area contributed by atoms with Gasteiger partial charge in [0.25, 0.3) is 5.91 Å². The fourth-order valence-electron chi connectivity index (χ4n) is 3.60. The van der Waals surface area contributed by atoms with Crippen LogP contribution in [0.15, 0.2) is 66.0 Å². The van der Waals surface area contributed by atoms with E-state index in [-0.39, 0.29) is 11.8 Å². The van der Waals surface area contributed by atoms with E-state index in [4.69, 9.17) is 0 Å². The Morgan fingerprint density at radius 2 is 1.79 bits per heavy atom. The average Bonchev–Trinajstić information content (AvgIpc) is 3.44. The van der Waals surface area contributed by atoms with Crippen molar-refractivity contribution in [2.75, 3.05) is 13.1 Å². The summed E-state index contributed by atoms with van der Waals surface area (Å²) < 4.78 is 0. The quantitative estimate of drug-likeness (QED) is 0.679. The number of amides is 2. The molecule has 3 aromatic rings. The molecule has 29 heavy (non-hydrogen) atoms. The molecule has 0 saturated carbocycles. The summed E-state index contributed by atoms with van der Waals surface area (Å²) in [5.41, 5.74) is 2.70. The SMILES string of the molecule is O=C(NCCc1csc(-c2ccccc2)n1)C1CCCN1C(=O)c1ccccc1. The van der Waals surface area contributed by atoms with Crippen LogP contribution in [0.2, 0.25) is 0 Å². The predicted molar refractivity (Wildman–Crippen MR) is 115 cm³/mol. The van der Waals surface area contributed by atoms with Crippen LogP contribution in [0.4, 0.5) is 0 Å². The van der Waals surface area contributed by atoms with Crippen molar-refractivity contribution in [3.8, 4) is 10.6 Å². The monoisotopic (exact) mass is 405 g/mol. The first-order chi connectivity index (χ1) is 14.2. The Balaban J connectivity index is 1.31. The fourth-order valence-corrected chi connectivity index (χ4v) is 4.46. The first kappa shape index (κ1) is 19.3. The van der Waals surface area contributed by atoms with E-state index in [1.807, 2.05) is 53.9 Å². The van der Waals surface area contributed by atoms with Crippen LogP contribution in [-0.4, -0.2) is 40.8 Å². The maximum absolute atomic E-state index is 12.7. The molecule has 1 aliphatic heterocycles. The van der Waals surface area contributed by atoms with E-state index in [2.05, 4.69) is 10.3 Å². The summed E-state index contributed by atoms with van der Waals surface area (Å²) in [6.07, 6.45) is 2.23. The molecule has 0 bridgehead atoms. The van der Waals surface area contributed by atoms with Gasteiger partial charge in [-0.3, -0.25) is 9.59 Å². The summed E-state index contributed by atoms with van der Waals surface area (Å²) in [6.45, 7) is 1.14. The third-order valence-electron chi connectivity index (χ3n) is 5.09. The minimum Gasteiger partial charge on any atom is -0.354 e. The first-order valence-electron chi connectivity index (χ1n) is 9.86. The number of nitrogens with zero attached hydrogens (tertiary/aromatic N) is 2. The minimum atomic E-state index is -0.391. The Morgan fingerprint density at radius 3 is 2.55 bits per heavy atom. The molecule has 1 fully saturated rings. The van der Waals surface area contributed by atoms with Gasteiger partial charge < -0.3 is 10.2 Å². The van der Waals surface area contributed by atoms with E-state index in [0.29, 0.717) is 31.5 Å². The molecule has 1 unspecified atom stereocenters. The number of rotatable bonds is 6. The van der Waals surface area contributed by atoms with Crippen molar-refractivity contribution >= 4 is 23.2 Å². The van der Waals surface area contributed by atoms with Gasteiger partial charge in [-0.2, -0.15) is 0 Å². The lowest BCUT2D eigenvalue weighted by Crippen LogP contribution is -2.46. The molecular weight excluding hydrogens is 382 g/mol. The first-order valence-corrected chi connectivity index (χ1v) is 10.7. The summed E-state index contributed by atoms with van der Waals surface area (Å²) >= 11 is 1.61. The standard InChI is InChI=1S/C23H23N3O2S/c27-21(20-12-7-15-26(20)23(28)18-10-5-2-6-11-18)24-14-13-19-16-29-22(25-19)17-8-3-1-4-9-17/h1-6,8-11,16,20H,7,12-15H2,(H,24,27). The summed E-state index contributed by atoms with van der Waals surface area (Å²) in [5.74, 6) is -0.152. The molecule has 6 heteroatoms. The molecule has 2 heterocycles. The molecule has 0 aliphatic carbocycles. The smallest absolute Gasteiger partial charge is 0.254 e. The van der Waals surface area contributed by atoms with Crippen molar-refractivity contribution in [2.24, 2.45) is 0 Å². The van der Waals surface area contributed by atoms with Crippen molar-refractivity contribution in [3.63, 3.8) is 0 Å². The van der Waals surface area contributed by atoms with Gasteiger partial charge in [0.1, 0.15) is 11.0 Å². The Morgan fingerprint density at radius 1 is 1.07 bits per heavy atom. The van der Waals surface area contributed by atoms with E-state index < -0.39 is 6.04 Å². The lowest BCUT2D eigenvalue weighted by atomic mass is 10.1. The molecule has 0 spiro atoms. The molecule has 4 rings (SSSR count). The number of likely N-dealkylation sites (tertiary alicyclic amines) is 1. The van der Waals surface area contributed by atoms with Crippen LogP contribution < -0.4 is 5.32 Å². The van der Waals surface area contributed by atoms with Crippen LogP contribution in [0.5, 0.6) is 0 Å². The molecule has 1 aliphatic rings. The van der Waals surface area contributed by atoms with E-state index in [1.165, 1.54) is 0 Å². The number of thiazole rings is 1. The molecule has 2 aromatic carbocycles. The van der Waals surface area contributed by atoms with Gasteiger partial charge in [-0.05, 0) is 25.0 Å². The van der Waals surface area contributed by atoms with Crippen LogP contribution in [0.1, 0.15) is 28.9 Å². The van der Waals surface area contributed by atoms with Gasteiger partial charge in [-0.25, -0.2) is 4.98 Å².